The lowest BCUT2D eigenvalue weighted by Crippen LogP contribution is -2.29. The summed E-state index contributed by atoms with van der Waals surface area (Å²) in [7, 11) is 0. The van der Waals surface area contributed by atoms with Crippen molar-refractivity contribution in [3.63, 3.8) is 0 Å². The van der Waals surface area contributed by atoms with Crippen LogP contribution in [0.1, 0.15) is 33.3 Å². The van der Waals surface area contributed by atoms with Gasteiger partial charge in [0.15, 0.2) is 12.6 Å². The summed E-state index contributed by atoms with van der Waals surface area (Å²) in [4.78, 5) is 21.9. The highest BCUT2D eigenvalue weighted by Crippen LogP contribution is 2.28. The third-order valence-electron chi connectivity index (χ3n) is 5.15. The Balaban J connectivity index is 2.17. The van der Waals surface area contributed by atoms with Crippen LogP contribution in [0.5, 0.6) is 5.75 Å². The van der Waals surface area contributed by atoms with Gasteiger partial charge in [-0.05, 0) is 45.4 Å². The zero-order valence-electron chi connectivity index (χ0n) is 24.1. The van der Waals surface area contributed by atoms with E-state index in [2.05, 4.69) is 13.2 Å². The van der Waals surface area contributed by atoms with E-state index in [9.17, 15) is 9.59 Å². The third kappa shape index (κ3) is 17.0. The average Bonchev–Trinajstić information content (AvgIpc) is 2.93. The number of hydrogen-bond acceptors (Lipinski definition) is 11. The fourth-order valence-corrected chi connectivity index (χ4v) is 3.16. The molecule has 1 rings (SSSR count). The van der Waals surface area contributed by atoms with Crippen LogP contribution in [0, 0.1) is 0 Å². The maximum absolute atomic E-state index is 10.9. The molecule has 0 saturated heterocycles. The minimum absolute atomic E-state index is 0.167. The summed E-state index contributed by atoms with van der Waals surface area (Å²) in [6, 6.07) is 7.65. The first kappa shape index (κ1) is 35.2. The van der Waals surface area contributed by atoms with Gasteiger partial charge in [0.2, 0.25) is 0 Å². The quantitative estimate of drug-likeness (QED) is 0.0789. The van der Waals surface area contributed by atoms with Crippen LogP contribution in [0.15, 0.2) is 49.6 Å². The molecule has 0 N–H and O–H groups in total. The number of carbonyl (C=O) groups excluding carboxylic acids is 2. The Bertz CT molecular complexity index is 854. The highest BCUT2D eigenvalue weighted by molar-refractivity contribution is 5.81. The molecular formula is C29H44O11. The summed E-state index contributed by atoms with van der Waals surface area (Å²) in [5.74, 6) is -0.240. The average molecular weight is 569 g/mol. The molecule has 0 heterocycles. The first-order valence-electron chi connectivity index (χ1n) is 13.2. The van der Waals surface area contributed by atoms with Crippen LogP contribution in [0.2, 0.25) is 0 Å². The van der Waals surface area contributed by atoms with E-state index in [1.54, 1.807) is 6.92 Å². The lowest BCUT2D eigenvalue weighted by Gasteiger charge is -2.29. The van der Waals surface area contributed by atoms with Gasteiger partial charge in [0.05, 0.1) is 51.8 Å². The normalized spacial score (nSPS) is 12.8. The zero-order chi connectivity index (χ0) is 29.6. The summed E-state index contributed by atoms with van der Waals surface area (Å²) in [6.45, 7) is 17.2. The lowest BCUT2D eigenvalue weighted by molar-refractivity contribution is -0.199. The number of ether oxygens (including phenoxy) is 9. The van der Waals surface area contributed by atoms with Crippen LogP contribution in [-0.2, 0) is 53.1 Å². The van der Waals surface area contributed by atoms with Gasteiger partial charge in [-0.15, -0.1) is 0 Å². The highest BCUT2D eigenvalue weighted by Gasteiger charge is 2.24. The molecular weight excluding hydrogens is 524 g/mol. The van der Waals surface area contributed by atoms with E-state index in [0.29, 0.717) is 45.4 Å². The van der Waals surface area contributed by atoms with E-state index in [-0.39, 0.29) is 26.4 Å². The maximum Gasteiger partial charge on any atom is 0.330 e. The fourth-order valence-electron chi connectivity index (χ4n) is 3.16. The molecule has 0 bridgehead atoms. The van der Waals surface area contributed by atoms with E-state index in [1.165, 1.54) is 0 Å². The van der Waals surface area contributed by atoms with Crippen molar-refractivity contribution in [2.24, 2.45) is 0 Å². The van der Waals surface area contributed by atoms with Crippen LogP contribution in [0.25, 0.3) is 0 Å². The first-order valence-corrected chi connectivity index (χ1v) is 13.2. The van der Waals surface area contributed by atoms with Crippen LogP contribution in [0.3, 0.4) is 0 Å². The van der Waals surface area contributed by atoms with Crippen LogP contribution < -0.4 is 4.74 Å². The van der Waals surface area contributed by atoms with Crippen molar-refractivity contribution in [1.29, 1.82) is 0 Å². The van der Waals surface area contributed by atoms with Crippen LogP contribution in [-0.4, -0.2) is 90.6 Å². The van der Waals surface area contributed by atoms with Gasteiger partial charge in [-0.2, -0.15) is 0 Å². The molecule has 40 heavy (non-hydrogen) atoms. The van der Waals surface area contributed by atoms with Gasteiger partial charge in [-0.25, -0.2) is 9.59 Å². The highest BCUT2D eigenvalue weighted by atomic mass is 16.7. The number of esters is 2. The van der Waals surface area contributed by atoms with E-state index in [4.69, 9.17) is 42.6 Å². The molecule has 0 aliphatic heterocycles. The second kappa shape index (κ2) is 21.0. The Morgan fingerprint density at radius 2 is 1.15 bits per heavy atom. The molecule has 11 heteroatoms. The Hall–Kier alpha value is -2.80. The van der Waals surface area contributed by atoms with E-state index >= 15 is 0 Å². The summed E-state index contributed by atoms with van der Waals surface area (Å²) >= 11 is 0. The van der Waals surface area contributed by atoms with Crippen molar-refractivity contribution in [1.82, 2.24) is 0 Å². The van der Waals surface area contributed by atoms with E-state index in [0.717, 1.165) is 17.7 Å². The molecule has 0 amide bonds. The minimum Gasteiger partial charge on any atom is -0.491 e. The lowest BCUT2D eigenvalue weighted by atomic mass is 9.98. The molecule has 226 valence electrons. The standard InChI is InChI=1S/C29H44O11/c1-7-27(30)38-19-15-32-13-17-34-23(3)35-21-22-37-26-11-9-25(10-12-26)29(5,6)40-24(4)36-18-14-33-16-20-39-28(31)8-2/h7-12,23-24H,1-2,13-22H2,3-6H3. The second-order valence-electron chi connectivity index (χ2n) is 8.72. The van der Waals surface area contributed by atoms with Crippen LogP contribution in [0.4, 0.5) is 0 Å². The molecule has 0 radical (unpaired) electrons. The van der Waals surface area contributed by atoms with Gasteiger partial charge in [0.1, 0.15) is 25.6 Å². The van der Waals surface area contributed by atoms with Crippen molar-refractivity contribution < 1.29 is 52.2 Å². The predicted octanol–water partition coefficient (Wildman–Crippen LogP) is 3.55. The van der Waals surface area contributed by atoms with E-state index < -0.39 is 30.1 Å². The SMILES string of the molecule is C=CC(=O)OCCOCCOC(C)OCCOc1ccc(C(C)(C)OC(C)OCCOCCOC(=O)C=C)cc1. The van der Waals surface area contributed by atoms with Gasteiger partial charge < -0.3 is 42.6 Å². The number of rotatable bonds is 24. The van der Waals surface area contributed by atoms with Crippen molar-refractivity contribution in [2.75, 3.05) is 66.1 Å². The molecule has 1 aromatic rings. The Kier molecular flexibility index (Phi) is 18.5. The molecule has 0 aromatic heterocycles. The van der Waals surface area contributed by atoms with Gasteiger partial charge >= 0.3 is 11.9 Å². The number of carbonyl (C=O) groups is 2. The van der Waals surface area contributed by atoms with Crippen molar-refractivity contribution in [3.05, 3.63) is 55.1 Å². The van der Waals surface area contributed by atoms with Gasteiger partial charge in [-0.1, -0.05) is 25.3 Å². The first-order chi connectivity index (χ1) is 19.2. The van der Waals surface area contributed by atoms with Crippen molar-refractivity contribution in [3.8, 4) is 5.75 Å². The minimum atomic E-state index is -0.590. The number of hydrogen-bond donors (Lipinski definition) is 0. The molecule has 0 aliphatic carbocycles. The smallest absolute Gasteiger partial charge is 0.330 e. The fraction of sp³-hybridized carbons (Fsp3) is 0.586. The third-order valence-corrected chi connectivity index (χ3v) is 5.15. The molecule has 11 nitrogen and oxygen atoms in total. The molecule has 0 saturated carbocycles. The molecule has 0 fully saturated rings. The van der Waals surface area contributed by atoms with Crippen molar-refractivity contribution in [2.45, 2.75) is 45.9 Å². The maximum atomic E-state index is 10.9. The van der Waals surface area contributed by atoms with Gasteiger partial charge in [0, 0.05) is 12.2 Å². The Morgan fingerprint density at radius 1 is 0.700 bits per heavy atom. The Morgan fingerprint density at radius 3 is 1.65 bits per heavy atom. The van der Waals surface area contributed by atoms with Gasteiger partial charge in [-0.3, -0.25) is 0 Å². The summed E-state index contributed by atoms with van der Waals surface area (Å²) in [5.41, 5.74) is 0.378. The van der Waals surface area contributed by atoms with E-state index in [1.807, 2.05) is 45.0 Å². The van der Waals surface area contributed by atoms with Gasteiger partial charge in [0.25, 0.3) is 0 Å². The monoisotopic (exact) mass is 568 g/mol. The summed E-state index contributed by atoms with van der Waals surface area (Å²) < 4.78 is 48.9. The molecule has 1 aromatic carbocycles. The largest absolute Gasteiger partial charge is 0.491 e. The molecule has 2 atom stereocenters. The molecule has 0 spiro atoms. The van der Waals surface area contributed by atoms with Crippen LogP contribution >= 0.6 is 0 Å². The predicted molar refractivity (Wildman–Crippen MR) is 147 cm³/mol. The summed E-state index contributed by atoms with van der Waals surface area (Å²) in [5, 5.41) is 0. The zero-order valence-corrected chi connectivity index (χ0v) is 24.1. The topological polar surface area (TPSA) is 117 Å². The van der Waals surface area contributed by atoms with Crippen molar-refractivity contribution >= 4 is 11.9 Å². The Labute approximate surface area is 237 Å². The number of benzene rings is 1. The second-order valence-corrected chi connectivity index (χ2v) is 8.72. The molecule has 0 aliphatic rings. The molecule has 2 unspecified atom stereocenters. The summed E-state index contributed by atoms with van der Waals surface area (Å²) in [6.07, 6.45) is 1.34.